The van der Waals surface area contributed by atoms with Gasteiger partial charge in [0.2, 0.25) is 11.8 Å². The number of aromatic nitrogens is 2. The highest BCUT2D eigenvalue weighted by Gasteiger charge is 2.39. The number of imidazole rings is 1. The molecule has 3 aliphatic heterocycles. The molecule has 9 heteroatoms. The molecule has 1 N–H and O–H groups in total. The van der Waals surface area contributed by atoms with E-state index in [1.165, 1.54) is 5.69 Å². The molecule has 184 valence electrons. The Bertz CT molecular complexity index is 1360. The number of aryl methyl sites for hydroxylation is 1. The molecule has 3 amide bonds. The molecule has 0 radical (unpaired) electrons. The summed E-state index contributed by atoms with van der Waals surface area (Å²) in [6.07, 6.45) is 2.39. The van der Waals surface area contributed by atoms with Crippen LogP contribution in [-0.4, -0.2) is 64.5 Å². The van der Waals surface area contributed by atoms with Crippen molar-refractivity contribution in [3.63, 3.8) is 0 Å². The lowest BCUT2D eigenvalue weighted by Crippen LogP contribution is -2.52. The Morgan fingerprint density at radius 1 is 1.00 bits per heavy atom. The van der Waals surface area contributed by atoms with Gasteiger partial charge in [0.1, 0.15) is 6.04 Å². The molecule has 3 aromatic rings. The van der Waals surface area contributed by atoms with Crippen LogP contribution in [0.25, 0.3) is 22.5 Å². The molecule has 36 heavy (non-hydrogen) atoms. The molecule has 1 aromatic heterocycles. The van der Waals surface area contributed by atoms with Gasteiger partial charge in [-0.3, -0.25) is 19.7 Å². The highest BCUT2D eigenvalue weighted by molar-refractivity contribution is 6.05. The fourth-order valence-electron chi connectivity index (χ4n) is 5.36. The van der Waals surface area contributed by atoms with Gasteiger partial charge in [0.05, 0.1) is 30.9 Å². The van der Waals surface area contributed by atoms with Crippen molar-refractivity contribution in [3.05, 3.63) is 59.9 Å². The SMILES string of the molecule is Cn1cnc(-c2ccc3c(c2)CN(C2CCC(=O)NC2=O)C3=O)c1-c1ccc(N2CCOCC2)cc1. The standard InChI is InChI=1S/C27H27N5O4/c1-30-16-28-24(25(30)17-2-5-20(6-3-17)31-10-12-36-13-11-31)18-4-7-21-19(14-18)15-32(27(21)35)22-8-9-23(33)29-26(22)34/h2-7,14,16,22H,8-13,15H2,1H3,(H,29,33,34). The van der Waals surface area contributed by atoms with Crippen molar-refractivity contribution in [3.8, 4) is 22.5 Å². The third kappa shape index (κ3) is 3.85. The van der Waals surface area contributed by atoms with E-state index in [1.54, 1.807) is 11.2 Å². The highest BCUT2D eigenvalue weighted by atomic mass is 16.5. The van der Waals surface area contributed by atoms with Gasteiger partial charge < -0.3 is 19.1 Å². The monoisotopic (exact) mass is 485 g/mol. The number of nitrogens with one attached hydrogen (secondary N) is 1. The number of hydrogen-bond acceptors (Lipinski definition) is 6. The number of nitrogens with zero attached hydrogens (tertiary/aromatic N) is 4. The zero-order valence-electron chi connectivity index (χ0n) is 20.1. The van der Waals surface area contributed by atoms with Gasteiger partial charge >= 0.3 is 0 Å². The molecule has 0 aliphatic carbocycles. The van der Waals surface area contributed by atoms with Crippen LogP contribution in [0.2, 0.25) is 0 Å². The van der Waals surface area contributed by atoms with E-state index in [1.807, 2.05) is 29.8 Å². The third-order valence-corrected chi connectivity index (χ3v) is 7.25. The summed E-state index contributed by atoms with van der Waals surface area (Å²) < 4.78 is 7.47. The minimum atomic E-state index is -0.624. The van der Waals surface area contributed by atoms with Crippen LogP contribution in [0.15, 0.2) is 48.8 Å². The fourth-order valence-corrected chi connectivity index (χ4v) is 5.36. The number of carbonyl (C=O) groups excluding carboxylic acids is 3. The first-order valence-corrected chi connectivity index (χ1v) is 12.2. The van der Waals surface area contributed by atoms with Crippen molar-refractivity contribution in [2.75, 3.05) is 31.2 Å². The van der Waals surface area contributed by atoms with Crippen LogP contribution in [0.4, 0.5) is 5.69 Å². The number of ether oxygens (including phenoxy) is 1. The summed E-state index contributed by atoms with van der Waals surface area (Å²) in [5, 5.41) is 2.35. The van der Waals surface area contributed by atoms with Crippen molar-refractivity contribution in [2.45, 2.75) is 25.4 Å². The predicted molar refractivity (Wildman–Crippen MR) is 133 cm³/mol. The Kier molecular flexibility index (Phi) is 5.56. The van der Waals surface area contributed by atoms with Crippen LogP contribution in [0.5, 0.6) is 0 Å². The molecule has 9 nitrogen and oxygen atoms in total. The van der Waals surface area contributed by atoms with Crippen LogP contribution in [0, 0.1) is 0 Å². The number of hydrogen-bond donors (Lipinski definition) is 1. The van der Waals surface area contributed by atoms with Crippen molar-refractivity contribution >= 4 is 23.4 Å². The zero-order chi connectivity index (χ0) is 24.8. The van der Waals surface area contributed by atoms with Gasteiger partial charge in [0.25, 0.3) is 5.91 Å². The Morgan fingerprint density at radius 2 is 1.75 bits per heavy atom. The normalized spacial score (nSPS) is 20.0. The van der Waals surface area contributed by atoms with Crippen LogP contribution in [0.3, 0.4) is 0 Å². The predicted octanol–water partition coefficient (Wildman–Crippen LogP) is 2.35. The van der Waals surface area contributed by atoms with Crippen LogP contribution < -0.4 is 10.2 Å². The van der Waals surface area contributed by atoms with E-state index >= 15 is 0 Å². The number of piperidine rings is 1. The lowest BCUT2D eigenvalue weighted by molar-refractivity contribution is -0.136. The number of carbonyl (C=O) groups is 3. The van der Waals surface area contributed by atoms with Gasteiger partial charge in [0.15, 0.2) is 0 Å². The van der Waals surface area contributed by atoms with Gasteiger partial charge in [-0.15, -0.1) is 0 Å². The number of imide groups is 1. The number of amides is 3. The van der Waals surface area contributed by atoms with Gasteiger partial charge in [-0.1, -0.05) is 18.2 Å². The summed E-state index contributed by atoms with van der Waals surface area (Å²) in [7, 11) is 1.98. The van der Waals surface area contributed by atoms with Gasteiger partial charge in [-0.05, 0) is 36.2 Å². The number of fused-ring (bicyclic) bond motifs is 1. The minimum Gasteiger partial charge on any atom is -0.378 e. The summed E-state index contributed by atoms with van der Waals surface area (Å²) >= 11 is 0. The van der Waals surface area contributed by atoms with Crippen LogP contribution in [0.1, 0.15) is 28.8 Å². The van der Waals surface area contributed by atoms with Crippen molar-refractivity contribution in [1.82, 2.24) is 19.8 Å². The quantitative estimate of drug-likeness (QED) is 0.570. The second-order valence-corrected chi connectivity index (χ2v) is 9.47. The van der Waals surface area contributed by atoms with Gasteiger partial charge in [-0.2, -0.15) is 0 Å². The third-order valence-electron chi connectivity index (χ3n) is 7.25. The molecule has 2 fully saturated rings. The Labute approximate surface area is 208 Å². The van der Waals surface area contributed by atoms with E-state index < -0.39 is 11.9 Å². The molecular weight excluding hydrogens is 458 g/mol. The minimum absolute atomic E-state index is 0.175. The molecule has 2 aromatic carbocycles. The summed E-state index contributed by atoms with van der Waals surface area (Å²) in [5.74, 6) is -0.866. The molecule has 0 saturated carbocycles. The Morgan fingerprint density at radius 3 is 2.50 bits per heavy atom. The maximum absolute atomic E-state index is 13.1. The van der Waals surface area contributed by atoms with E-state index in [0.717, 1.165) is 54.4 Å². The Hall–Kier alpha value is -3.98. The number of morpholine rings is 1. The second kappa shape index (κ2) is 8.91. The van der Waals surface area contributed by atoms with Crippen molar-refractivity contribution < 1.29 is 19.1 Å². The highest BCUT2D eigenvalue weighted by Crippen LogP contribution is 2.35. The van der Waals surface area contributed by atoms with E-state index in [-0.39, 0.29) is 18.2 Å². The lowest BCUT2D eigenvalue weighted by atomic mass is 10.0. The average molecular weight is 486 g/mol. The topological polar surface area (TPSA) is 96.8 Å². The molecule has 1 unspecified atom stereocenters. The number of rotatable bonds is 4. The van der Waals surface area contributed by atoms with E-state index in [9.17, 15) is 14.4 Å². The molecule has 1 atom stereocenters. The maximum Gasteiger partial charge on any atom is 0.255 e. The molecule has 0 bridgehead atoms. The molecular formula is C27H27N5O4. The molecule has 0 spiro atoms. The summed E-state index contributed by atoms with van der Waals surface area (Å²) in [6.45, 7) is 3.61. The molecule has 3 aliphatic rings. The van der Waals surface area contributed by atoms with Crippen molar-refractivity contribution in [2.24, 2.45) is 7.05 Å². The molecule has 4 heterocycles. The fraction of sp³-hybridized carbons (Fsp3) is 0.333. The van der Waals surface area contributed by atoms with Crippen molar-refractivity contribution in [1.29, 1.82) is 0 Å². The summed E-state index contributed by atoms with van der Waals surface area (Å²) in [5.41, 5.74) is 6.44. The lowest BCUT2D eigenvalue weighted by Gasteiger charge is -2.29. The number of anilines is 1. The first-order chi connectivity index (χ1) is 17.5. The van der Waals surface area contributed by atoms with Crippen LogP contribution in [-0.2, 0) is 27.9 Å². The van der Waals surface area contributed by atoms with E-state index in [0.29, 0.717) is 18.5 Å². The largest absolute Gasteiger partial charge is 0.378 e. The summed E-state index contributed by atoms with van der Waals surface area (Å²) in [6, 6.07) is 13.6. The van der Waals surface area contributed by atoms with E-state index in [2.05, 4.69) is 39.5 Å². The number of benzene rings is 2. The van der Waals surface area contributed by atoms with E-state index in [4.69, 9.17) is 4.74 Å². The molecule has 2 saturated heterocycles. The second-order valence-electron chi connectivity index (χ2n) is 9.47. The Balaban J connectivity index is 1.28. The van der Waals surface area contributed by atoms with Gasteiger partial charge in [0, 0.05) is 55.5 Å². The first-order valence-electron chi connectivity index (χ1n) is 12.2. The van der Waals surface area contributed by atoms with Gasteiger partial charge in [-0.25, -0.2) is 4.98 Å². The average Bonchev–Trinajstić information content (AvgIpc) is 3.44. The maximum atomic E-state index is 13.1. The first kappa shape index (κ1) is 22.5. The smallest absolute Gasteiger partial charge is 0.255 e. The zero-order valence-corrected chi connectivity index (χ0v) is 20.1. The molecule has 6 rings (SSSR count). The van der Waals surface area contributed by atoms with Crippen LogP contribution >= 0.6 is 0 Å². The summed E-state index contributed by atoms with van der Waals surface area (Å²) in [4.78, 5) is 45.5.